The molecule has 33 heavy (non-hydrogen) atoms. The number of aromatic nitrogens is 1. The molecule has 4 rings (SSSR count). The van der Waals surface area contributed by atoms with Crippen molar-refractivity contribution in [3.05, 3.63) is 62.2 Å². The minimum absolute atomic E-state index is 0. The van der Waals surface area contributed by atoms with Gasteiger partial charge in [-0.3, -0.25) is 19.8 Å². The minimum Gasteiger partial charge on any atom is -0.351 e. The van der Waals surface area contributed by atoms with Gasteiger partial charge >= 0.3 is 0 Å². The number of halogens is 2. The number of benzene rings is 2. The van der Waals surface area contributed by atoms with Crippen LogP contribution in [-0.2, 0) is 0 Å². The van der Waals surface area contributed by atoms with Crippen molar-refractivity contribution in [2.45, 2.75) is 13.8 Å². The minimum atomic E-state index is -0.574. The predicted molar refractivity (Wildman–Crippen MR) is 135 cm³/mol. The lowest BCUT2D eigenvalue weighted by Crippen LogP contribution is -2.48. The van der Waals surface area contributed by atoms with Crippen molar-refractivity contribution in [2.24, 2.45) is 0 Å². The van der Waals surface area contributed by atoms with Crippen LogP contribution in [0.5, 0.6) is 0 Å². The van der Waals surface area contributed by atoms with Crippen LogP contribution in [0.4, 0.5) is 10.8 Å². The van der Waals surface area contributed by atoms with E-state index in [9.17, 15) is 14.9 Å². The van der Waals surface area contributed by atoms with E-state index in [1.807, 2.05) is 0 Å². The summed E-state index contributed by atoms with van der Waals surface area (Å²) < 4.78 is 1.24. The molecule has 0 radical (unpaired) electrons. The number of piperazine rings is 1. The molecule has 0 bridgehead atoms. The number of amides is 1. The fourth-order valence-corrected chi connectivity index (χ4v) is 5.17. The molecule has 3 aromatic rings. The maximum Gasteiger partial charge on any atom is 0.282 e. The van der Waals surface area contributed by atoms with Crippen LogP contribution >= 0.6 is 35.3 Å². The van der Waals surface area contributed by atoms with Crippen molar-refractivity contribution in [1.82, 2.24) is 15.2 Å². The van der Waals surface area contributed by atoms with Gasteiger partial charge in [0.25, 0.3) is 11.6 Å². The molecule has 176 valence electrons. The monoisotopic (exact) mass is 509 g/mol. The van der Waals surface area contributed by atoms with Crippen LogP contribution in [0.3, 0.4) is 0 Å². The molecule has 0 unspecified atom stereocenters. The van der Waals surface area contributed by atoms with Gasteiger partial charge in [-0.15, -0.1) is 12.4 Å². The number of anilines is 1. The second kappa shape index (κ2) is 10.6. The van der Waals surface area contributed by atoms with Gasteiger partial charge in [-0.25, -0.2) is 4.98 Å². The molecule has 0 atom stereocenters. The highest BCUT2D eigenvalue weighted by Gasteiger charge is 2.22. The normalized spacial score (nSPS) is 14.2. The van der Waals surface area contributed by atoms with E-state index in [0.717, 1.165) is 36.8 Å². The van der Waals surface area contributed by atoms with E-state index in [0.29, 0.717) is 13.1 Å². The molecular weight excluding hydrogens is 485 g/mol. The fraction of sp³-hybridized carbons (Fsp3) is 0.364. The van der Waals surface area contributed by atoms with Crippen molar-refractivity contribution < 1.29 is 9.72 Å². The van der Waals surface area contributed by atoms with Crippen LogP contribution in [0, 0.1) is 24.0 Å². The number of hydrogen-bond donors (Lipinski definition) is 1. The number of thiazole rings is 1. The third kappa shape index (κ3) is 5.73. The van der Waals surface area contributed by atoms with Gasteiger partial charge in [-0.1, -0.05) is 29.0 Å². The number of fused-ring (bicyclic) bond motifs is 1. The summed E-state index contributed by atoms with van der Waals surface area (Å²) in [6.07, 6.45) is 0. The molecule has 0 spiro atoms. The maximum absolute atomic E-state index is 12.4. The summed E-state index contributed by atoms with van der Waals surface area (Å²) in [7, 11) is 0. The zero-order valence-corrected chi connectivity index (χ0v) is 20.7. The highest BCUT2D eigenvalue weighted by molar-refractivity contribution is 7.22. The van der Waals surface area contributed by atoms with E-state index >= 15 is 0 Å². The Bertz CT molecular complexity index is 1180. The van der Waals surface area contributed by atoms with E-state index in [1.165, 1.54) is 34.0 Å². The van der Waals surface area contributed by atoms with Crippen molar-refractivity contribution in [3.8, 4) is 0 Å². The average Bonchev–Trinajstić information content (AvgIpc) is 3.18. The molecule has 1 N–H and O–H groups in total. The number of nitrogens with one attached hydrogen (secondary N) is 1. The van der Waals surface area contributed by atoms with Gasteiger partial charge in [0.1, 0.15) is 5.56 Å². The third-order valence-electron chi connectivity index (χ3n) is 5.57. The number of nitro groups is 1. The molecule has 1 aromatic heterocycles. The molecule has 0 saturated carbocycles. The van der Waals surface area contributed by atoms with Gasteiger partial charge in [0, 0.05) is 50.4 Å². The molecule has 1 aliphatic rings. The number of rotatable bonds is 6. The third-order valence-corrected chi connectivity index (χ3v) is 7.07. The van der Waals surface area contributed by atoms with E-state index in [4.69, 9.17) is 16.6 Å². The highest BCUT2D eigenvalue weighted by atomic mass is 35.5. The number of nitro benzene ring substituents is 1. The first-order chi connectivity index (χ1) is 15.3. The van der Waals surface area contributed by atoms with E-state index in [-0.39, 0.29) is 28.7 Å². The van der Waals surface area contributed by atoms with Crippen molar-refractivity contribution in [3.63, 3.8) is 0 Å². The number of carbonyl (C=O) groups excluding carboxylic acids is 1. The Morgan fingerprint density at radius 3 is 2.64 bits per heavy atom. The average molecular weight is 510 g/mol. The van der Waals surface area contributed by atoms with Crippen LogP contribution in [-0.4, -0.2) is 60.0 Å². The first-order valence-corrected chi connectivity index (χ1v) is 11.6. The van der Waals surface area contributed by atoms with Crippen molar-refractivity contribution >= 4 is 62.3 Å². The summed E-state index contributed by atoms with van der Waals surface area (Å²) in [4.78, 5) is 32.4. The van der Waals surface area contributed by atoms with Crippen molar-refractivity contribution in [2.75, 3.05) is 44.2 Å². The summed E-state index contributed by atoms with van der Waals surface area (Å²) in [5.41, 5.74) is 3.28. The molecule has 0 aliphatic carbocycles. The van der Waals surface area contributed by atoms with Crippen LogP contribution in [0.2, 0.25) is 5.02 Å². The molecule has 8 nitrogen and oxygen atoms in total. The smallest absolute Gasteiger partial charge is 0.282 e. The van der Waals surface area contributed by atoms with Crippen LogP contribution < -0.4 is 10.2 Å². The van der Waals surface area contributed by atoms with Gasteiger partial charge in [0.15, 0.2) is 5.13 Å². The topological polar surface area (TPSA) is 91.6 Å². The summed E-state index contributed by atoms with van der Waals surface area (Å²) in [5, 5.41) is 15.3. The number of nitrogens with zero attached hydrogens (tertiary/aromatic N) is 4. The number of carbonyl (C=O) groups is 1. The maximum atomic E-state index is 12.4. The molecule has 1 saturated heterocycles. The summed E-state index contributed by atoms with van der Waals surface area (Å²) in [6, 6.07) is 8.31. The van der Waals surface area contributed by atoms with E-state index in [2.05, 4.69) is 41.1 Å². The second-order valence-electron chi connectivity index (χ2n) is 7.93. The summed E-state index contributed by atoms with van der Waals surface area (Å²) in [5.74, 6) is -0.488. The lowest BCUT2D eigenvalue weighted by molar-refractivity contribution is -0.385. The summed E-state index contributed by atoms with van der Waals surface area (Å²) in [6.45, 7) is 8.75. The molecule has 2 aromatic carbocycles. The first kappa shape index (κ1) is 25.2. The Labute approximate surface area is 207 Å². The highest BCUT2D eigenvalue weighted by Crippen LogP contribution is 2.32. The lowest BCUT2D eigenvalue weighted by atomic mass is 10.1. The van der Waals surface area contributed by atoms with Crippen LogP contribution in [0.25, 0.3) is 10.2 Å². The summed E-state index contributed by atoms with van der Waals surface area (Å²) >= 11 is 7.65. The molecule has 2 heterocycles. The molecule has 1 amide bonds. The Hall–Kier alpha value is -2.46. The van der Waals surface area contributed by atoms with Crippen LogP contribution in [0.1, 0.15) is 21.5 Å². The molecule has 11 heteroatoms. The fourth-order valence-electron chi connectivity index (χ4n) is 3.94. The van der Waals surface area contributed by atoms with Gasteiger partial charge in [0.05, 0.1) is 15.1 Å². The molecular formula is C22H25Cl2N5O3S. The van der Waals surface area contributed by atoms with Crippen molar-refractivity contribution in [1.29, 1.82) is 0 Å². The zero-order chi connectivity index (χ0) is 22.8. The van der Waals surface area contributed by atoms with Crippen LogP contribution in [0.15, 0.2) is 30.3 Å². The van der Waals surface area contributed by atoms with Gasteiger partial charge in [-0.05, 0) is 43.2 Å². The number of hydrogen-bond acceptors (Lipinski definition) is 7. The standard InChI is InChI=1S/C22H24ClN5O3S.ClH/c1-14-11-15(2)20-18(12-14)25-22(32-20)27-9-7-26(8-10-27)6-5-24-21(29)17-13-16(23)3-4-19(17)28(30)31;/h3-4,11-13H,5-10H2,1-2H3,(H,24,29);1H. The predicted octanol–water partition coefficient (Wildman–Crippen LogP) is 4.45. The van der Waals surface area contributed by atoms with Gasteiger partial charge < -0.3 is 10.2 Å². The Kier molecular flexibility index (Phi) is 8.12. The Balaban J connectivity index is 0.00000306. The van der Waals surface area contributed by atoms with E-state index < -0.39 is 10.8 Å². The SMILES string of the molecule is Cc1cc(C)c2sc(N3CCN(CCNC(=O)c4cc(Cl)ccc4[N+](=O)[O-])CC3)nc2c1.Cl. The second-order valence-corrected chi connectivity index (χ2v) is 9.34. The lowest BCUT2D eigenvalue weighted by Gasteiger charge is -2.34. The molecule has 1 aliphatic heterocycles. The largest absolute Gasteiger partial charge is 0.351 e. The van der Waals surface area contributed by atoms with Gasteiger partial charge in [0.2, 0.25) is 0 Å². The number of aryl methyl sites for hydroxylation is 2. The molecule has 1 fully saturated rings. The Morgan fingerprint density at radius 2 is 1.94 bits per heavy atom. The zero-order valence-electron chi connectivity index (χ0n) is 18.3. The Morgan fingerprint density at radius 1 is 1.21 bits per heavy atom. The quantitative estimate of drug-likeness (QED) is 0.389. The first-order valence-electron chi connectivity index (χ1n) is 10.4. The van der Waals surface area contributed by atoms with Gasteiger partial charge in [-0.2, -0.15) is 0 Å². The van der Waals surface area contributed by atoms with E-state index in [1.54, 1.807) is 11.3 Å².